The highest BCUT2D eigenvalue weighted by Crippen LogP contribution is 2.23. The van der Waals surface area contributed by atoms with Crippen molar-refractivity contribution in [1.82, 2.24) is 4.72 Å². The molecule has 1 saturated heterocycles. The van der Waals surface area contributed by atoms with Crippen LogP contribution >= 0.6 is 11.8 Å². The molecule has 0 bridgehead atoms. The number of hydrogen-bond acceptors (Lipinski definition) is 4. The summed E-state index contributed by atoms with van der Waals surface area (Å²) in [7, 11) is -4.07. The zero-order valence-corrected chi connectivity index (χ0v) is 13.1. The Labute approximate surface area is 127 Å². The molecule has 1 aliphatic rings. The zero-order chi connectivity index (χ0) is 15.5. The van der Waals surface area contributed by atoms with E-state index in [9.17, 15) is 17.2 Å². The molecular formula is C13H18F2N2O2S2. The van der Waals surface area contributed by atoms with E-state index in [1.54, 1.807) is 0 Å². The smallest absolute Gasteiger partial charge is 0.243 e. The molecule has 0 unspecified atom stereocenters. The molecule has 0 aromatic heterocycles. The summed E-state index contributed by atoms with van der Waals surface area (Å²) in [6.07, 6.45) is 1.85. The summed E-state index contributed by atoms with van der Waals surface area (Å²) in [4.78, 5) is -0.673. The first-order chi connectivity index (χ1) is 9.94. The summed E-state index contributed by atoms with van der Waals surface area (Å²) in [5.74, 6) is -0.325. The van der Waals surface area contributed by atoms with E-state index in [0.29, 0.717) is 0 Å². The quantitative estimate of drug-likeness (QED) is 0.861. The molecule has 1 aromatic carbocycles. The zero-order valence-electron chi connectivity index (χ0n) is 11.4. The first-order valence-electron chi connectivity index (χ1n) is 6.69. The molecule has 0 saturated carbocycles. The highest BCUT2D eigenvalue weighted by atomic mass is 32.2. The molecule has 1 heterocycles. The van der Waals surface area contributed by atoms with Crippen LogP contribution in [0.3, 0.4) is 0 Å². The number of halogens is 2. The topological polar surface area (TPSA) is 72.2 Å². The molecule has 2 rings (SSSR count). The van der Waals surface area contributed by atoms with Crippen LogP contribution in [0, 0.1) is 17.6 Å². The second-order valence-corrected chi connectivity index (χ2v) is 7.96. The Morgan fingerprint density at radius 3 is 2.57 bits per heavy atom. The minimum absolute atomic E-state index is 0.0560. The predicted octanol–water partition coefficient (Wildman–Crippen LogP) is 1.84. The van der Waals surface area contributed by atoms with Crippen molar-refractivity contribution in [2.24, 2.45) is 11.7 Å². The van der Waals surface area contributed by atoms with Crippen LogP contribution in [0.15, 0.2) is 17.0 Å². The molecule has 1 fully saturated rings. The Balaban J connectivity index is 2.16. The second kappa shape index (κ2) is 7.04. The Bertz CT molecular complexity index is 602. The van der Waals surface area contributed by atoms with Crippen LogP contribution in [0.5, 0.6) is 0 Å². The van der Waals surface area contributed by atoms with E-state index in [2.05, 4.69) is 4.72 Å². The van der Waals surface area contributed by atoms with Crippen molar-refractivity contribution in [3.8, 4) is 0 Å². The Hall–Kier alpha value is -0.700. The summed E-state index contributed by atoms with van der Waals surface area (Å²) >= 11 is 1.84. The van der Waals surface area contributed by atoms with Gasteiger partial charge < -0.3 is 5.73 Å². The molecule has 118 valence electrons. The molecule has 4 nitrogen and oxygen atoms in total. The number of nitrogens with one attached hydrogen (secondary N) is 1. The standard InChI is InChI=1S/C13H18F2N2O2S2/c14-11-5-10(7-16)6-12(13(11)15)21(18,19)17-8-9-1-3-20-4-2-9/h5-6,9,17H,1-4,7-8,16H2. The maximum atomic E-state index is 13.7. The van der Waals surface area contributed by atoms with Gasteiger partial charge in [0.25, 0.3) is 0 Å². The highest BCUT2D eigenvalue weighted by Gasteiger charge is 2.24. The minimum Gasteiger partial charge on any atom is -0.326 e. The Morgan fingerprint density at radius 2 is 1.95 bits per heavy atom. The van der Waals surface area contributed by atoms with Crippen LogP contribution in [0.4, 0.5) is 8.78 Å². The average Bonchev–Trinajstić information content (AvgIpc) is 2.48. The molecule has 0 atom stereocenters. The minimum atomic E-state index is -4.07. The van der Waals surface area contributed by atoms with Crippen LogP contribution < -0.4 is 10.5 Å². The van der Waals surface area contributed by atoms with E-state index in [1.807, 2.05) is 11.8 Å². The van der Waals surface area contributed by atoms with E-state index in [1.165, 1.54) is 0 Å². The molecule has 0 amide bonds. The van der Waals surface area contributed by atoms with Crippen LogP contribution in [0.25, 0.3) is 0 Å². The van der Waals surface area contributed by atoms with Crippen molar-refractivity contribution in [3.63, 3.8) is 0 Å². The van der Waals surface area contributed by atoms with Gasteiger partial charge in [-0.3, -0.25) is 0 Å². The number of benzene rings is 1. The van der Waals surface area contributed by atoms with Crippen molar-refractivity contribution in [2.75, 3.05) is 18.1 Å². The van der Waals surface area contributed by atoms with Gasteiger partial charge in [0.1, 0.15) is 4.90 Å². The van der Waals surface area contributed by atoms with Gasteiger partial charge >= 0.3 is 0 Å². The van der Waals surface area contributed by atoms with Gasteiger partial charge in [-0.2, -0.15) is 11.8 Å². The molecule has 1 aromatic rings. The summed E-state index contributed by atoms with van der Waals surface area (Å²) in [6, 6.07) is 1.99. The fourth-order valence-electron chi connectivity index (χ4n) is 2.19. The summed E-state index contributed by atoms with van der Waals surface area (Å²) in [5, 5.41) is 0. The largest absolute Gasteiger partial charge is 0.326 e. The van der Waals surface area contributed by atoms with E-state index in [-0.39, 0.29) is 24.6 Å². The summed E-state index contributed by atoms with van der Waals surface area (Å²) in [6.45, 7) is 0.191. The predicted molar refractivity (Wildman–Crippen MR) is 79.5 cm³/mol. The summed E-state index contributed by atoms with van der Waals surface area (Å²) < 4.78 is 53.9. The molecule has 21 heavy (non-hydrogen) atoms. The van der Waals surface area contributed by atoms with Gasteiger partial charge in [-0.25, -0.2) is 21.9 Å². The normalized spacial score (nSPS) is 17.1. The lowest BCUT2D eigenvalue weighted by molar-refractivity contribution is 0.466. The Morgan fingerprint density at radius 1 is 1.29 bits per heavy atom. The number of sulfonamides is 1. The molecule has 1 aliphatic heterocycles. The van der Waals surface area contributed by atoms with E-state index >= 15 is 0 Å². The van der Waals surface area contributed by atoms with Gasteiger partial charge in [0.15, 0.2) is 11.6 Å². The number of nitrogens with two attached hydrogens (primary N) is 1. The summed E-state index contributed by atoms with van der Waals surface area (Å²) in [5.41, 5.74) is 5.60. The molecule has 3 N–H and O–H groups in total. The number of rotatable bonds is 5. The van der Waals surface area contributed by atoms with E-state index < -0.39 is 26.6 Å². The lowest BCUT2D eigenvalue weighted by atomic mass is 10.0. The monoisotopic (exact) mass is 336 g/mol. The molecular weight excluding hydrogens is 318 g/mol. The second-order valence-electron chi connectivity index (χ2n) is 5.00. The first kappa shape index (κ1) is 16.7. The van der Waals surface area contributed by atoms with Crippen LogP contribution in [0.1, 0.15) is 18.4 Å². The Kier molecular flexibility index (Phi) is 5.59. The fraction of sp³-hybridized carbons (Fsp3) is 0.538. The van der Waals surface area contributed by atoms with Crippen LogP contribution in [0.2, 0.25) is 0 Å². The van der Waals surface area contributed by atoms with Crippen LogP contribution in [-0.2, 0) is 16.6 Å². The lowest BCUT2D eigenvalue weighted by Crippen LogP contribution is -2.31. The van der Waals surface area contributed by atoms with Crippen molar-refractivity contribution >= 4 is 21.8 Å². The van der Waals surface area contributed by atoms with Crippen molar-refractivity contribution in [1.29, 1.82) is 0 Å². The van der Waals surface area contributed by atoms with Crippen molar-refractivity contribution in [3.05, 3.63) is 29.3 Å². The third kappa shape index (κ3) is 4.15. The van der Waals surface area contributed by atoms with Gasteiger partial charge in [0.05, 0.1) is 0 Å². The molecule has 0 spiro atoms. The third-order valence-corrected chi connectivity index (χ3v) is 5.95. The van der Waals surface area contributed by atoms with Gasteiger partial charge in [-0.05, 0) is 48.0 Å². The van der Waals surface area contributed by atoms with Crippen LogP contribution in [-0.4, -0.2) is 26.5 Å². The fourth-order valence-corrected chi connectivity index (χ4v) is 4.64. The number of hydrogen-bond donors (Lipinski definition) is 2. The third-order valence-electron chi connectivity index (χ3n) is 3.48. The van der Waals surface area contributed by atoms with Crippen molar-refractivity contribution in [2.45, 2.75) is 24.3 Å². The first-order valence-corrected chi connectivity index (χ1v) is 9.33. The molecule has 8 heteroatoms. The highest BCUT2D eigenvalue weighted by molar-refractivity contribution is 7.99. The molecule has 0 aliphatic carbocycles. The van der Waals surface area contributed by atoms with Gasteiger partial charge in [-0.1, -0.05) is 0 Å². The van der Waals surface area contributed by atoms with Gasteiger partial charge in [-0.15, -0.1) is 0 Å². The lowest BCUT2D eigenvalue weighted by Gasteiger charge is -2.21. The maximum Gasteiger partial charge on any atom is 0.243 e. The van der Waals surface area contributed by atoms with E-state index in [4.69, 9.17) is 5.73 Å². The average molecular weight is 336 g/mol. The van der Waals surface area contributed by atoms with Gasteiger partial charge in [0, 0.05) is 13.1 Å². The maximum absolute atomic E-state index is 13.7. The number of thioether (sulfide) groups is 1. The van der Waals surface area contributed by atoms with E-state index in [0.717, 1.165) is 36.5 Å². The van der Waals surface area contributed by atoms with Crippen molar-refractivity contribution < 1.29 is 17.2 Å². The SMILES string of the molecule is NCc1cc(F)c(F)c(S(=O)(=O)NCC2CCSCC2)c1. The molecule has 0 radical (unpaired) electrons. The van der Waals surface area contributed by atoms with Gasteiger partial charge in [0.2, 0.25) is 10.0 Å².